The summed E-state index contributed by atoms with van der Waals surface area (Å²) in [6.07, 6.45) is 1.01. The Kier molecular flexibility index (Phi) is 1.22. The number of ether oxygens (including phenoxy) is 1. The highest BCUT2D eigenvalue weighted by Gasteiger charge is 2.28. The predicted octanol–water partition coefficient (Wildman–Crippen LogP) is 2.71. The standard InChI is InChI=1S/C6H11N3O.4H2/c1-6(4-8-9-7)2-3-10-5-6;;;;/h2-5H2,1H3;4*1H/i;3*1+1D;1+1. The van der Waals surface area contributed by atoms with Crippen molar-refractivity contribution in [1.82, 2.24) is 0 Å². The molecule has 0 N–H and O–H groups in total. The van der Waals surface area contributed by atoms with Gasteiger partial charge in [0.25, 0.3) is 0 Å². The molecular weight excluding hydrogens is 130 g/mol. The first-order chi connectivity index (χ1) is 7.77. The molecule has 1 saturated heterocycles. The van der Waals surface area contributed by atoms with E-state index in [1.807, 2.05) is 0 Å². The Labute approximate surface area is 70.5 Å². The van der Waals surface area contributed by atoms with Crippen molar-refractivity contribution in [3.63, 3.8) is 0 Å². The van der Waals surface area contributed by atoms with Gasteiger partial charge in [-0.1, -0.05) is 12.0 Å². The zero-order chi connectivity index (χ0) is 13.4. The molecule has 1 heterocycles. The van der Waals surface area contributed by atoms with Gasteiger partial charge in [0.2, 0.25) is 0 Å². The molecule has 0 bridgehead atoms. The minimum Gasteiger partial charge on any atom is -0.381 e. The van der Waals surface area contributed by atoms with Crippen LogP contribution in [-0.2, 0) is 4.74 Å². The molecular formula is C6H19N3O. The molecule has 10 heavy (non-hydrogen) atoms. The Balaban J connectivity index is -0.000000106. The molecule has 0 aromatic rings. The Hall–Kier alpha value is -0.730. The Morgan fingerprint density at radius 1 is 2.00 bits per heavy atom. The lowest BCUT2D eigenvalue weighted by Crippen LogP contribution is -2.19. The molecule has 1 rings (SSSR count). The average Bonchev–Trinajstić information content (AvgIpc) is 2.82. The van der Waals surface area contributed by atoms with E-state index in [1.54, 1.807) is 0 Å². The maximum absolute atomic E-state index is 8.06. The average molecular weight is 156 g/mol. The smallest absolute Gasteiger partial charge is 0.0521 e. The molecule has 0 amide bonds. The summed E-state index contributed by atoms with van der Waals surface area (Å²) >= 11 is 0. The van der Waals surface area contributed by atoms with Crippen LogP contribution in [0.15, 0.2) is 5.11 Å². The first-order valence-corrected chi connectivity index (χ1v) is 3.35. The second-order valence-corrected chi connectivity index (χ2v) is 3.00. The molecule has 4 nitrogen and oxygen atoms in total. The molecule has 0 radical (unpaired) electrons. The molecule has 0 aromatic heterocycles. The van der Waals surface area contributed by atoms with E-state index in [1.165, 1.54) is 0 Å². The van der Waals surface area contributed by atoms with E-state index >= 15 is 0 Å². The van der Waals surface area contributed by atoms with Crippen molar-refractivity contribution in [3.8, 4) is 0 Å². The first kappa shape index (κ1) is 4.21. The summed E-state index contributed by atoms with van der Waals surface area (Å²) < 4.78 is 35.2. The van der Waals surface area contributed by atoms with Crippen LogP contribution >= 0.6 is 0 Å². The number of hydrogen-bond acceptors (Lipinski definition) is 2. The molecule has 0 aliphatic carbocycles. The monoisotopic (exact) mass is 156 g/mol. The molecule has 0 spiro atoms. The fraction of sp³-hybridized carbons (Fsp3) is 1.00. The van der Waals surface area contributed by atoms with Crippen molar-refractivity contribution < 1.29 is 15.1 Å². The van der Waals surface area contributed by atoms with Crippen molar-refractivity contribution in [2.24, 2.45) is 10.5 Å². The van der Waals surface area contributed by atoms with Gasteiger partial charge in [0, 0.05) is 28.4 Å². The molecule has 0 aromatic carbocycles. The minimum atomic E-state index is 0. The highest BCUT2D eigenvalue weighted by atomic mass is 16.5. The van der Waals surface area contributed by atoms with Crippen molar-refractivity contribution in [3.05, 3.63) is 10.4 Å². The van der Waals surface area contributed by atoms with E-state index in [0.717, 1.165) is 19.6 Å². The lowest BCUT2D eigenvalue weighted by Gasteiger charge is -2.17. The van der Waals surface area contributed by atoms with Crippen molar-refractivity contribution in [2.45, 2.75) is 13.3 Å². The Morgan fingerprint density at radius 3 is 3.30 bits per heavy atom. The van der Waals surface area contributed by atoms with Gasteiger partial charge in [-0.3, -0.25) is 0 Å². The quantitative estimate of drug-likeness (QED) is 0.344. The van der Waals surface area contributed by atoms with Gasteiger partial charge in [-0.05, 0) is 17.4 Å². The van der Waals surface area contributed by atoms with Gasteiger partial charge in [-0.2, -0.15) is 0 Å². The Morgan fingerprint density at radius 2 is 2.80 bits per heavy atom. The van der Waals surface area contributed by atoms with Gasteiger partial charge >= 0.3 is 0 Å². The van der Waals surface area contributed by atoms with E-state index in [9.17, 15) is 0 Å². The Bertz CT molecular complexity index is 173. The normalized spacial score (nSPS) is 34.1. The summed E-state index contributed by atoms with van der Waals surface area (Å²) in [7, 11) is 0. The van der Waals surface area contributed by atoms with Crippen LogP contribution in [0.2, 0.25) is 0 Å². The van der Waals surface area contributed by atoms with Crippen LogP contribution in [-0.4, -0.2) is 19.8 Å². The molecule has 1 aliphatic rings. The summed E-state index contributed by atoms with van der Waals surface area (Å²) in [6.45, 7) is 4.17. The maximum Gasteiger partial charge on any atom is 0.0521 e. The van der Waals surface area contributed by atoms with Crippen molar-refractivity contribution in [1.29, 1.82) is 0 Å². The molecule has 1 fully saturated rings. The van der Waals surface area contributed by atoms with Crippen LogP contribution in [0.5, 0.6) is 0 Å². The lowest BCUT2D eigenvalue weighted by atomic mass is 9.91. The molecule has 0 saturated carbocycles. The van der Waals surface area contributed by atoms with E-state index < -0.39 is 0 Å². The number of nitrogens with zero attached hydrogens (tertiary/aromatic N) is 3. The van der Waals surface area contributed by atoms with Gasteiger partial charge in [0.05, 0.1) is 6.61 Å². The second-order valence-electron chi connectivity index (χ2n) is 3.00. The minimum absolute atomic E-state index is 0. The van der Waals surface area contributed by atoms with E-state index in [-0.39, 0.29) is 6.84 Å². The third-order valence-electron chi connectivity index (χ3n) is 1.82. The summed E-state index contributed by atoms with van der Waals surface area (Å²) in [5.74, 6) is 0. The largest absolute Gasteiger partial charge is 0.381 e. The SMILES string of the molecule is CC1(CN=[N+]=[N-])CCOC1.[2HH].[2H][2H].[2H][2H].[2H][2H]. The van der Waals surface area contributed by atoms with Gasteiger partial charge in [0.15, 0.2) is 0 Å². The predicted molar refractivity (Wildman–Crippen MR) is 46.0 cm³/mol. The van der Waals surface area contributed by atoms with E-state index in [4.69, 9.17) is 19.2 Å². The summed E-state index contributed by atoms with van der Waals surface area (Å²) in [4.78, 5) is 2.71. The van der Waals surface area contributed by atoms with Crippen LogP contribution < -0.4 is 0 Å². The van der Waals surface area contributed by atoms with Crippen LogP contribution in [0.1, 0.15) is 23.7 Å². The van der Waals surface area contributed by atoms with Crippen LogP contribution in [0.3, 0.4) is 0 Å². The fourth-order valence-electron chi connectivity index (χ4n) is 1.04. The van der Waals surface area contributed by atoms with Crippen LogP contribution in [0.4, 0.5) is 0 Å². The third-order valence-corrected chi connectivity index (χ3v) is 1.82. The van der Waals surface area contributed by atoms with Crippen LogP contribution in [0, 0.1) is 5.41 Å². The molecule has 1 atom stereocenters. The highest BCUT2D eigenvalue weighted by Crippen LogP contribution is 2.27. The second kappa shape index (κ2) is 2.90. The fourth-order valence-corrected chi connectivity index (χ4v) is 1.04. The molecule has 1 aliphatic heterocycles. The molecule has 1 unspecified atom stereocenters. The highest BCUT2D eigenvalue weighted by molar-refractivity contribution is 4.80. The van der Waals surface area contributed by atoms with Gasteiger partial charge in [0.1, 0.15) is 0 Å². The number of hydrogen-bond donors (Lipinski definition) is 0. The summed E-state index contributed by atoms with van der Waals surface area (Å²) in [6, 6.07) is 0. The molecule has 4 heteroatoms. The first-order valence-electron chi connectivity index (χ1n) is 6.35. The maximum atomic E-state index is 8.06. The van der Waals surface area contributed by atoms with Gasteiger partial charge < -0.3 is 4.74 Å². The third kappa shape index (κ3) is 1.62. The molecule has 64 valence electrons. The topological polar surface area (TPSA) is 58.0 Å². The number of azide groups is 1. The van der Waals surface area contributed by atoms with E-state index in [2.05, 4.69) is 16.9 Å². The zero-order valence-corrected chi connectivity index (χ0v) is 6.08. The van der Waals surface area contributed by atoms with Crippen molar-refractivity contribution >= 4 is 0 Å². The van der Waals surface area contributed by atoms with E-state index in [0.29, 0.717) is 6.54 Å². The summed E-state index contributed by atoms with van der Waals surface area (Å²) in [5.41, 5.74) is 8.16. The summed E-state index contributed by atoms with van der Waals surface area (Å²) in [5, 5.41) is 3.53. The van der Waals surface area contributed by atoms with Gasteiger partial charge in [-0.15, -0.1) is 0 Å². The van der Waals surface area contributed by atoms with Crippen molar-refractivity contribution in [2.75, 3.05) is 19.8 Å². The zero-order valence-electron chi connectivity index (χ0n) is 12.1. The van der Waals surface area contributed by atoms with Gasteiger partial charge in [-0.25, -0.2) is 0 Å². The number of rotatable bonds is 2. The lowest BCUT2D eigenvalue weighted by molar-refractivity contribution is 0.162. The van der Waals surface area contributed by atoms with Crippen LogP contribution in [0.25, 0.3) is 10.4 Å².